The van der Waals surface area contributed by atoms with Gasteiger partial charge in [-0.15, -0.1) is 0 Å². The number of non-ortho nitro benzene ring substituents is 1. The monoisotopic (exact) mass is 400 g/mol. The summed E-state index contributed by atoms with van der Waals surface area (Å²) in [5, 5.41) is 25.2. The molecular weight excluding hydrogens is 387 g/mol. The van der Waals surface area contributed by atoms with Crippen molar-refractivity contribution >= 4 is 35.3 Å². The number of nitrogens with one attached hydrogen (secondary N) is 2. The van der Waals surface area contributed by atoms with Gasteiger partial charge in [0.25, 0.3) is 11.6 Å². The van der Waals surface area contributed by atoms with Crippen LogP contribution in [0, 0.1) is 15.9 Å². The predicted octanol–water partition coefficient (Wildman–Crippen LogP) is 1.97. The van der Waals surface area contributed by atoms with Gasteiger partial charge in [0.15, 0.2) is 0 Å². The molecule has 0 bridgehead atoms. The summed E-state index contributed by atoms with van der Waals surface area (Å²) in [6.07, 6.45) is 1.05. The SMILES string of the molecule is O=C(CN1C(=O)N/C(=C/c2cc([N+](=O)[O-])ccc2O)C1=O)Nc1ccccc1F. The maximum Gasteiger partial charge on any atom is 0.329 e. The number of nitro groups is 1. The van der Waals surface area contributed by atoms with E-state index < -0.39 is 35.1 Å². The van der Waals surface area contributed by atoms with Crippen molar-refractivity contribution < 1.29 is 28.8 Å². The van der Waals surface area contributed by atoms with Gasteiger partial charge in [-0.2, -0.15) is 0 Å². The average Bonchev–Trinajstić information content (AvgIpc) is 2.92. The Balaban J connectivity index is 1.77. The number of carbonyl (C=O) groups is 3. The van der Waals surface area contributed by atoms with Crippen LogP contribution in [0.1, 0.15) is 5.56 Å². The molecule has 0 atom stereocenters. The smallest absolute Gasteiger partial charge is 0.329 e. The summed E-state index contributed by atoms with van der Waals surface area (Å²) in [5.74, 6) is -2.72. The minimum atomic E-state index is -0.908. The van der Waals surface area contributed by atoms with E-state index in [1.54, 1.807) is 0 Å². The summed E-state index contributed by atoms with van der Waals surface area (Å²) in [6, 6.07) is 7.65. The topological polar surface area (TPSA) is 142 Å². The molecule has 0 saturated carbocycles. The van der Waals surface area contributed by atoms with E-state index in [0.717, 1.165) is 30.3 Å². The number of nitro benzene ring substituents is 1. The Morgan fingerprint density at radius 2 is 2.00 bits per heavy atom. The third-order valence-corrected chi connectivity index (χ3v) is 3.93. The summed E-state index contributed by atoms with van der Waals surface area (Å²) in [5.41, 5.74) is -0.792. The molecule has 29 heavy (non-hydrogen) atoms. The summed E-state index contributed by atoms with van der Waals surface area (Å²) in [6.45, 7) is -0.683. The van der Waals surface area contributed by atoms with Gasteiger partial charge in [0.05, 0.1) is 10.6 Å². The van der Waals surface area contributed by atoms with Crippen molar-refractivity contribution in [3.8, 4) is 5.75 Å². The Labute approximate surface area is 162 Å². The van der Waals surface area contributed by atoms with Crippen molar-refractivity contribution in [2.75, 3.05) is 11.9 Å². The molecule has 1 aliphatic rings. The molecule has 0 aliphatic carbocycles. The lowest BCUT2D eigenvalue weighted by molar-refractivity contribution is -0.384. The Hall–Kier alpha value is -4.28. The second-order valence-electron chi connectivity index (χ2n) is 5.91. The zero-order chi connectivity index (χ0) is 21.1. The molecule has 1 fully saturated rings. The second-order valence-corrected chi connectivity index (χ2v) is 5.91. The van der Waals surface area contributed by atoms with Gasteiger partial charge in [0.1, 0.15) is 23.8 Å². The highest BCUT2D eigenvalue weighted by atomic mass is 19.1. The van der Waals surface area contributed by atoms with E-state index in [0.29, 0.717) is 4.90 Å². The number of phenols is 1. The van der Waals surface area contributed by atoms with Gasteiger partial charge >= 0.3 is 6.03 Å². The Kier molecular flexibility index (Phi) is 5.21. The van der Waals surface area contributed by atoms with Gasteiger partial charge in [0, 0.05) is 17.7 Å². The molecule has 3 rings (SSSR count). The molecule has 2 aromatic rings. The van der Waals surface area contributed by atoms with Gasteiger partial charge < -0.3 is 15.7 Å². The number of hydrogen-bond acceptors (Lipinski definition) is 6. The molecule has 2 aromatic carbocycles. The molecule has 11 heteroatoms. The summed E-state index contributed by atoms with van der Waals surface area (Å²) in [7, 11) is 0. The number of rotatable bonds is 5. The van der Waals surface area contributed by atoms with Crippen LogP contribution in [0.2, 0.25) is 0 Å². The lowest BCUT2D eigenvalue weighted by Gasteiger charge is -2.12. The maximum atomic E-state index is 13.6. The van der Waals surface area contributed by atoms with E-state index >= 15 is 0 Å². The average molecular weight is 400 g/mol. The van der Waals surface area contributed by atoms with Crippen LogP contribution in [0.25, 0.3) is 6.08 Å². The van der Waals surface area contributed by atoms with Crippen molar-refractivity contribution in [1.29, 1.82) is 0 Å². The van der Waals surface area contributed by atoms with Gasteiger partial charge in [-0.05, 0) is 24.3 Å². The minimum absolute atomic E-state index is 0.0690. The fraction of sp³-hybridized carbons (Fsp3) is 0.0556. The van der Waals surface area contributed by atoms with Crippen molar-refractivity contribution in [2.24, 2.45) is 0 Å². The number of para-hydroxylation sites is 1. The molecular formula is C18H13FN4O6. The van der Waals surface area contributed by atoms with E-state index in [2.05, 4.69) is 10.6 Å². The highest BCUT2D eigenvalue weighted by Crippen LogP contribution is 2.26. The number of carbonyl (C=O) groups excluding carboxylic acids is 3. The number of halogens is 1. The first-order valence-electron chi connectivity index (χ1n) is 8.12. The predicted molar refractivity (Wildman–Crippen MR) is 98.0 cm³/mol. The molecule has 1 saturated heterocycles. The van der Waals surface area contributed by atoms with Crippen LogP contribution in [-0.2, 0) is 9.59 Å². The van der Waals surface area contributed by atoms with Crippen LogP contribution >= 0.6 is 0 Å². The summed E-state index contributed by atoms with van der Waals surface area (Å²) >= 11 is 0. The quantitative estimate of drug-likeness (QED) is 0.303. The molecule has 0 spiro atoms. The fourth-order valence-electron chi connectivity index (χ4n) is 2.54. The number of nitrogens with zero attached hydrogens (tertiary/aromatic N) is 2. The number of amides is 4. The molecule has 4 amide bonds. The lowest BCUT2D eigenvalue weighted by Crippen LogP contribution is -2.38. The first kappa shape index (κ1) is 19.5. The van der Waals surface area contributed by atoms with Crippen molar-refractivity contribution in [1.82, 2.24) is 10.2 Å². The van der Waals surface area contributed by atoms with Crippen molar-refractivity contribution in [3.63, 3.8) is 0 Å². The Morgan fingerprint density at radius 3 is 2.69 bits per heavy atom. The number of urea groups is 1. The summed E-state index contributed by atoms with van der Waals surface area (Å²) < 4.78 is 13.6. The summed E-state index contributed by atoms with van der Waals surface area (Å²) in [4.78, 5) is 47.3. The highest BCUT2D eigenvalue weighted by Gasteiger charge is 2.35. The molecule has 0 radical (unpaired) electrons. The molecule has 0 unspecified atom stereocenters. The fourth-order valence-corrected chi connectivity index (χ4v) is 2.54. The van der Waals surface area contributed by atoms with E-state index in [9.17, 15) is 34.0 Å². The van der Waals surface area contributed by atoms with E-state index in [-0.39, 0.29) is 28.4 Å². The number of hydrogen-bond donors (Lipinski definition) is 3. The van der Waals surface area contributed by atoms with Crippen LogP contribution in [0.3, 0.4) is 0 Å². The zero-order valence-corrected chi connectivity index (χ0v) is 14.6. The first-order valence-corrected chi connectivity index (χ1v) is 8.12. The standard InChI is InChI=1S/C18H13FN4O6/c19-12-3-1-2-4-13(12)20-16(25)9-22-17(26)14(21-18(22)27)8-10-7-11(23(28)29)5-6-15(10)24/h1-8,24H,9H2,(H,20,25)(H,21,27)/b14-8+. The molecule has 1 heterocycles. The van der Waals surface area contributed by atoms with Crippen molar-refractivity contribution in [3.05, 3.63) is 69.7 Å². The third kappa shape index (κ3) is 4.18. The Bertz CT molecular complexity index is 1070. The van der Waals surface area contributed by atoms with Crippen LogP contribution in [0.15, 0.2) is 48.2 Å². The Morgan fingerprint density at radius 1 is 1.28 bits per heavy atom. The molecule has 0 aromatic heterocycles. The zero-order valence-electron chi connectivity index (χ0n) is 14.6. The molecule has 1 aliphatic heterocycles. The normalized spacial score (nSPS) is 14.8. The van der Waals surface area contributed by atoms with Gasteiger partial charge in [-0.25, -0.2) is 14.1 Å². The number of aromatic hydroxyl groups is 1. The number of benzene rings is 2. The second kappa shape index (κ2) is 7.76. The van der Waals surface area contributed by atoms with Crippen LogP contribution in [-0.4, -0.2) is 39.3 Å². The van der Waals surface area contributed by atoms with Gasteiger partial charge in [-0.1, -0.05) is 12.1 Å². The number of anilines is 1. The van der Waals surface area contributed by atoms with Gasteiger partial charge in [0.2, 0.25) is 5.91 Å². The molecule has 3 N–H and O–H groups in total. The third-order valence-electron chi connectivity index (χ3n) is 3.93. The lowest BCUT2D eigenvalue weighted by atomic mass is 10.1. The van der Waals surface area contributed by atoms with E-state index in [1.807, 2.05) is 0 Å². The molecule has 10 nitrogen and oxygen atoms in total. The number of imide groups is 1. The first-order chi connectivity index (χ1) is 13.8. The maximum absolute atomic E-state index is 13.6. The largest absolute Gasteiger partial charge is 0.507 e. The van der Waals surface area contributed by atoms with E-state index in [4.69, 9.17) is 0 Å². The van der Waals surface area contributed by atoms with Crippen LogP contribution in [0.4, 0.5) is 20.6 Å². The number of phenolic OH excluding ortho intramolecular Hbond substituents is 1. The molecule has 148 valence electrons. The highest BCUT2D eigenvalue weighted by molar-refractivity contribution is 6.16. The van der Waals surface area contributed by atoms with Crippen LogP contribution < -0.4 is 10.6 Å². The van der Waals surface area contributed by atoms with Crippen molar-refractivity contribution in [2.45, 2.75) is 0 Å². The van der Waals surface area contributed by atoms with E-state index in [1.165, 1.54) is 18.2 Å². The van der Waals surface area contributed by atoms with Gasteiger partial charge in [-0.3, -0.25) is 19.7 Å². The minimum Gasteiger partial charge on any atom is -0.507 e. The van der Waals surface area contributed by atoms with Crippen LogP contribution in [0.5, 0.6) is 5.75 Å².